The Labute approximate surface area is 77.3 Å². The van der Waals surface area contributed by atoms with Crippen LogP contribution >= 0.6 is 0 Å². The highest BCUT2D eigenvalue weighted by Gasteiger charge is 2.14. The van der Waals surface area contributed by atoms with Crippen LogP contribution in [0.4, 0.5) is 0 Å². The maximum atomic E-state index is 9.40. The zero-order chi connectivity index (χ0) is 9.26. The van der Waals surface area contributed by atoms with Crippen molar-refractivity contribution in [3.8, 4) is 11.5 Å². The van der Waals surface area contributed by atoms with Crippen LogP contribution in [0.15, 0.2) is 12.1 Å². The monoisotopic (exact) mass is 179 g/mol. The molecular formula is C10H13NO2. The Bertz CT molecular complexity index is 306. The Balaban J connectivity index is 2.50. The lowest BCUT2D eigenvalue weighted by atomic mass is 10.00. The summed E-state index contributed by atoms with van der Waals surface area (Å²) < 4.78 is 5.19. The van der Waals surface area contributed by atoms with Crippen LogP contribution in [0.3, 0.4) is 0 Å². The Morgan fingerprint density at radius 1 is 1.46 bits per heavy atom. The van der Waals surface area contributed by atoms with Gasteiger partial charge in [0.2, 0.25) is 0 Å². The van der Waals surface area contributed by atoms with Crippen molar-refractivity contribution in [2.24, 2.45) is 0 Å². The standard InChI is InChI=1S/C10H13NO2/c1-13-10-5-8(12)4-7-2-3-11-6-9(7)10/h4-5,11-12H,2-3,6H2,1H3. The highest BCUT2D eigenvalue weighted by molar-refractivity contribution is 5.47. The summed E-state index contributed by atoms with van der Waals surface area (Å²) in [5, 5.41) is 12.7. The van der Waals surface area contributed by atoms with Crippen molar-refractivity contribution in [3.05, 3.63) is 23.3 Å². The summed E-state index contributed by atoms with van der Waals surface area (Å²) in [6, 6.07) is 3.48. The summed E-state index contributed by atoms with van der Waals surface area (Å²) in [5.41, 5.74) is 2.36. The van der Waals surface area contributed by atoms with E-state index in [1.807, 2.05) is 6.07 Å². The number of fused-ring (bicyclic) bond motifs is 1. The van der Waals surface area contributed by atoms with Crippen molar-refractivity contribution in [2.45, 2.75) is 13.0 Å². The summed E-state index contributed by atoms with van der Waals surface area (Å²) in [6.45, 7) is 1.80. The zero-order valence-electron chi connectivity index (χ0n) is 7.63. The molecule has 70 valence electrons. The second-order valence-corrected chi connectivity index (χ2v) is 3.21. The number of rotatable bonds is 1. The van der Waals surface area contributed by atoms with Crippen molar-refractivity contribution in [1.29, 1.82) is 0 Å². The lowest BCUT2D eigenvalue weighted by Gasteiger charge is -2.19. The summed E-state index contributed by atoms with van der Waals surface area (Å²) in [6.07, 6.45) is 0.958. The Hall–Kier alpha value is -1.22. The first-order valence-corrected chi connectivity index (χ1v) is 4.40. The van der Waals surface area contributed by atoms with Gasteiger partial charge >= 0.3 is 0 Å². The van der Waals surface area contributed by atoms with Gasteiger partial charge in [-0.05, 0) is 24.6 Å². The Kier molecular flexibility index (Phi) is 2.10. The van der Waals surface area contributed by atoms with Gasteiger partial charge in [-0.1, -0.05) is 0 Å². The van der Waals surface area contributed by atoms with Gasteiger partial charge in [0.1, 0.15) is 11.5 Å². The van der Waals surface area contributed by atoms with E-state index in [0.29, 0.717) is 0 Å². The minimum Gasteiger partial charge on any atom is -0.508 e. The van der Waals surface area contributed by atoms with Gasteiger partial charge in [0.05, 0.1) is 7.11 Å². The van der Waals surface area contributed by atoms with E-state index in [0.717, 1.165) is 25.3 Å². The SMILES string of the molecule is COc1cc(O)cc2c1CNCC2. The van der Waals surface area contributed by atoms with E-state index in [9.17, 15) is 5.11 Å². The molecule has 13 heavy (non-hydrogen) atoms. The molecule has 1 aliphatic rings. The number of hydrogen-bond acceptors (Lipinski definition) is 3. The van der Waals surface area contributed by atoms with E-state index in [1.54, 1.807) is 13.2 Å². The maximum Gasteiger partial charge on any atom is 0.127 e. The molecule has 0 saturated carbocycles. The van der Waals surface area contributed by atoms with Gasteiger partial charge in [0.25, 0.3) is 0 Å². The van der Waals surface area contributed by atoms with Gasteiger partial charge in [-0.25, -0.2) is 0 Å². The van der Waals surface area contributed by atoms with Crippen LogP contribution in [0, 0.1) is 0 Å². The van der Waals surface area contributed by atoms with E-state index >= 15 is 0 Å². The molecule has 2 rings (SSSR count). The van der Waals surface area contributed by atoms with Crippen molar-refractivity contribution < 1.29 is 9.84 Å². The van der Waals surface area contributed by atoms with Gasteiger partial charge < -0.3 is 15.2 Å². The fraction of sp³-hybridized carbons (Fsp3) is 0.400. The zero-order valence-corrected chi connectivity index (χ0v) is 7.63. The number of phenolic OH excluding ortho intramolecular Hbond substituents is 1. The molecular weight excluding hydrogens is 166 g/mol. The smallest absolute Gasteiger partial charge is 0.127 e. The summed E-state index contributed by atoms with van der Waals surface area (Å²) >= 11 is 0. The average Bonchev–Trinajstić information content (AvgIpc) is 2.16. The fourth-order valence-corrected chi connectivity index (χ4v) is 1.73. The van der Waals surface area contributed by atoms with Crippen LogP contribution in [0.5, 0.6) is 11.5 Å². The molecule has 3 heteroatoms. The third kappa shape index (κ3) is 1.47. The first-order chi connectivity index (χ1) is 6.31. The van der Waals surface area contributed by atoms with Crippen LogP contribution in [0.2, 0.25) is 0 Å². The molecule has 1 aromatic rings. The van der Waals surface area contributed by atoms with Crippen LogP contribution in [0.25, 0.3) is 0 Å². The maximum absolute atomic E-state index is 9.40. The number of aromatic hydroxyl groups is 1. The lowest BCUT2D eigenvalue weighted by molar-refractivity contribution is 0.397. The number of methoxy groups -OCH3 is 1. The second kappa shape index (κ2) is 3.26. The van der Waals surface area contributed by atoms with Gasteiger partial charge in [-0.2, -0.15) is 0 Å². The molecule has 3 nitrogen and oxygen atoms in total. The van der Waals surface area contributed by atoms with Crippen LogP contribution in [-0.4, -0.2) is 18.8 Å². The third-order valence-corrected chi connectivity index (χ3v) is 2.38. The number of benzene rings is 1. The first-order valence-electron chi connectivity index (χ1n) is 4.40. The van der Waals surface area contributed by atoms with Crippen LogP contribution in [0.1, 0.15) is 11.1 Å². The average molecular weight is 179 g/mol. The minimum absolute atomic E-state index is 0.289. The second-order valence-electron chi connectivity index (χ2n) is 3.21. The van der Waals surface area contributed by atoms with Crippen LogP contribution in [-0.2, 0) is 13.0 Å². The normalized spacial score (nSPS) is 15.2. The molecule has 0 bridgehead atoms. The Morgan fingerprint density at radius 2 is 2.31 bits per heavy atom. The van der Waals surface area contributed by atoms with Gasteiger partial charge in [-0.15, -0.1) is 0 Å². The molecule has 0 amide bonds. The van der Waals surface area contributed by atoms with Crippen LogP contribution < -0.4 is 10.1 Å². The highest BCUT2D eigenvalue weighted by Crippen LogP contribution is 2.29. The quantitative estimate of drug-likeness (QED) is 0.677. The van der Waals surface area contributed by atoms with E-state index in [4.69, 9.17) is 4.74 Å². The van der Waals surface area contributed by atoms with Gasteiger partial charge in [0, 0.05) is 18.2 Å². The van der Waals surface area contributed by atoms with E-state index in [2.05, 4.69) is 5.32 Å². The largest absolute Gasteiger partial charge is 0.508 e. The number of ether oxygens (including phenoxy) is 1. The van der Waals surface area contributed by atoms with Gasteiger partial charge in [0.15, 0.2) is 0 Å². The Morgan fingerprint density at radius 3 is 3.08 bits per heavy atom. The summed E-state index contributed by atoms with van der Waals surface area (Å²) in [7, 11) is 1.63. The lowest BCUT2D eigenvalue weighted by Crippen LogP contribution is -2.23. The molecule has 1 heterocycles. The molecule has 0 fully saturated rings. The molecule has 0 aliphatic carbocycles. The molecule has 0 unspecified atom stereocenters. The molecule has 1 aliphatic heterocycles. The molecule has 2 N–H and O–H groups in total. The molecule has 0 aromatic heterocycles. The summed E-state index contributed by atoms with van der Waals surface area (Å²) in [4.78, 5) is 0. The number of hydrogen-bond donors (Lipinski definition) is 2. The van der Waals surface area contributed by atoms with Gasteiger partial charge in [-0.3, -0.25) is 0 Å². The molecule has 0 atom stereocenters. The topological polar surface area (TPSA) is 41.5 Å². The van der Waals surface area contributed by atoms with E-state index in [1.165, 1.54) is 11.1 Å². The van der Waals surface area contributed by atoms with Crippen molar-refractivity contribution in [2.75, 3.05) is 13.7 Å². The summed E-state index contributed by atoms with van der Waals surface area (Å²) in [5.74, 6) is 1.07. The highest BCUT2D eigenvalue weighted by atomic mass is 16.5. The minimum atomic E-state index is 0.289. The van der Waals surface area contributed by atoms with E-state index < -0.39 is 0 Å². The molecule has 0 radical (unpaired) electrons. The van der Waals surface area contributed by atoms with Crippen molar-refractivity contribution in [3.63, 3.8) is 0 Å². The predicted molar refractivity (Wildman–Crippen MR) is 50.1 cm³/mol. The molecule has 0 saturated heterocycles. The molecule has 0 spiro atoms. The third-order valence-electron chi connectivity index (χ3n) is 2.38. The molecule has 1 aromatic carbocycles. The fourth-order valence-electron chi connectivity index (χ4n) is 1.73. The first kappa shape index (κ1) is 8.38. The number of phenols is 1. The van der Waals surface area contributed by atoms with Crippen molar-refractivity contribution in [1.82, 2.24) is 5.32 Å². The predicted octanol–water partition coefficient (Wildman–Crippen LogP) is 1.05. The van der Waals surface area contributed by atoms with E-state index in [-0.39, 0.29) is 5.75 Å². The number of nitrogens with one attached hydrogen (secondary N) is 1. The van der Waals surface area contributed by atoms with Crippen molar-refractivity contribution >= 4 is 0 Å².